The minimum Gasteiger partial charge on any atom is -0.312 e. The van der Waals surface area contributed by atoms with Gasteiger partial charge >= 0.3 is 0 Å². The molecule has 1 aromatic heterocycles. The molecule has 0 aromatic carbocycles. The molecule has 0 unspecified atom stereocenters. The van der Waals surface area contributed by atoms with Gasteiger partial charge in [-0.3, -0.25) is 4.68 Å². The molecule has 0 amide bonds. The number of rotatable bonds is 4. The van der Waals surface area contributed by atoms with E-state index in [1.54, 1.807) is 0 Å². The SMILES string of the molecule is CCn1nc(C)c(Cl)c1CCNC(C)(C)C. The molecule has 4 heteroatoms. The van der Waals surface area contributed by atoms with E-state index in [0.717, 1.165) is 35.9 Å². The van der Waals surface area contributed by atoms with Crippen molar-refractivity contribution < 1.29 is 0 Å². The van der Waals surface area contributed by atoms with Crippen LogP contribution in [-0.2, 0) is 13.0 Å². The monoisotopic (exact) mass is 243 g/mol. The average molecular weight is 244 g/mol. The Balaban J connectivity index is 2.66. The molecule has 92 valence electrons. The van der Waals surface area contributed by atoms with Crippen LogP contribution in [0.5, 0.6) is 0 Å². The molecule has 0 saturated carbocycles. The highest BCUT2D eigenvalue weighted by Gasteiger charge is 2.13. The first-order valence-corrected chi connectivity index (χ1v) is 6.19. The van der Waals surface area contributed by atoms with Gasteiger partial charge in [-0.25, -0.2) is 0 Å². The van der Waals surface area contributed by atoms with Crippen LogP contribution in [-0.4, -0.2) is 21.9 Å². The van der Waals surface area contributed by atoms with E-state index in [4.69, 9.17) is 11.6 Å². The Hall–Kier alpha value is -0.540. The summed E-state index contributed by atoms with van der Waals surface area (Å²) in [5.74, 6) is 0. The van der Waals surface area contributed by atoms with Crippen LogP contribution in [0.3, 0.4) is 0 Å². The highest BCUT2D eigenvalue weighted by atomic mass is 35.5. The first-order chi connectivity index (χ1) is 7.35. The predicted octanol–water partition coefficient (Wildman–Crippen LogP) is 2.80. The van der Waals surface area contributed by atoms with E-state index in [1.165, 1.54) is 0 Å². The fourth-order valence-corrected chi connectivity index (χ4v) is 1.89. The van der Waals surface area contributed by atoms with E-state index >= 15 is 0 Å². The second kappa shape index (κ2) is 5.19. The maximum Gasteiger partial charge on any atom is 0.0847 e. The lowest BCUT2D eigenvalue weighted by Gasteiger charge is -2.20. The van der Waals surface area contributed by atoms with E-state index in [2.05, 4.69) is 38.1 Å². The largest absolute Gasteiger partial charge is 0.312 e. The number of halogens is 1. The van der Waals surface area contributed by atoms with E-state index in [1.807, 2.05) is 11.6 Å². The molecule has 1 rings (SSSR count). The minimum atomic E-state index is 0.151. The summed E-state index contributed by atoms with van der Waals surface area (Å²) in [6.45, 7) is 12.3. The number of nitrogens with zero attached hydrogens (tertiary/aromatic N) is 2. The third kappa shape index (κ3) is 3.49. The molecule has 1 heterocycles. The first-order valence-electron chi connectivity index (χ1n) is 5.82. The Morgan fingerprint density at radius 2 is 2.00 bits per heavy atom. The number of hydrogen-bond donors (Lipinski definition) is 1. The van der Waals surface area contributed by atoms with Crippen molar-refractivity contribution in [2.75, 3.05) is 6.54 Å². The summed E-state index contributed by atoms with van der Waals surface area (Å²) in [5.41, 5.74) is 2.21. The van der Waals surface area contributed by atoms with Crippen molar-refractivity contribution in [3.05, 3.63) is 16.4 Å². The highest BCUT2D eigenvalue weighted by Crippen LogP contribution is 2.20. The van der Waals surface area contributed by atoms with E-state index < -0.39 is 0 Å². The lowest BCUT2D eigenvalue weighted by molar-refractivity contribution is 0.425. The van der Waals surface area contributed by atoms with Gasteiger partial charge in [0.2, 0.25) is 0 Å². The second-order valence-electron chi connectivity index (χ2n) is 5.09. The summed E-state index contributed by atoms with van der Waals surface area (Å²) in [6.07, 6.45) is 0.921. The predicted molar refractivity (Wildman–Crippen MR) is 69.1 cm³/mol. The lowest BCUT2D eigenvalue weighted by Crippen LogP contribution is -2.37. The summed E-state index contributed by atoms with van der Waals surface area (Å²) >= 11 is 6.23. The summed E-state index contributed by atoms with van der Waals surface area (Å²) in [6, 6.07) is 0. The Labute approximate surface area is 103 Å². The molecule has 0 fully saturated rings. The average Bonchev–Trinajstić information content (AvgIpc) is 2.43. The zero-order valence-electron chi connectivity index (χ0n) is 10.9. The lowest BCUT2D eigenvalue weighted by atomic mass is 10.1. The molecule has 0 saturated heterocycles. The fraction of sp³-hybridized carbons (Fsp3) is 0.750. The fourth-order valence-electron chi connectivity index (χ4n) is 1.66. The van der Waals surface area contributed by atoms with Gasteiger partial charge in [0.1, 0.15) is 0 Å². The minimum absolute atomic E-state index is 0.151. The molecule has 0 aliphatic carbocycles. The van der Waals surface area contributed by atoms with Gasteiger partial charge in [0.05, 0.1) is 16.4 Å². The first kappa shape index (κ1) is 13.5. The molecular formula is C12H22ClN3. The van der Waals surface area contributed by atoms with Gasteiger partial charge in [-0.15, -0.1) is 0 Å². The summed E-state index contributed by atoms with van der Waals surface area (Å²) < 4.78 is 1.99. The van der Waals surface area contributed by atoms with Crippen LogP contribution in [0.25, 0.3) is 0 Å². The van der Waals surface area contributed by atoms with Crippen molar-refractivity contribution in [3.8, 4) is 0 Å². The van der Waals surface area contributed by atoms with Gasteiger partial charge in [-0.05, 0) is 34.6 Å². The van der Waals surface area contributed by atoms with Gasteiger partial charge in [-0.1, -0.05) is 11.6 Å². The molecule has 0 spiro atoms. The smallest absolute Gasteiger partial charge is 0.0847 e. The van der Waals surface area contributed by atoms with Crippen molar-refractivity contribution in [1.82, 2.24) is 15.1 Å². The standard InChI is InChI=1S/C12H22ClN3/c1-6-16-10(11(13)9(2)15-16)7-8-14-12(3,4)5/h14H,6-8H2,1-5H3. The topological polar surface area (TPSA) is 29.9 Å². The quantitative estimate of drug-likeness (QED) is 0.882. The molecule has 0 aliphatic heterocycles. The van der Waals surface area contributed by atoms with Gasteiger partial charge in [0.25, 0.3) is 0 Å². The Morgan fingerprint density at radius 3 is 2.50 bits per heavy atom. The molecule has 1 N–H and O–H groups in total. The molecule has 1 aromatic rings. The highest BCUT2D eigenvalue weighted by molar-refractivity contribution is 6.31. The van der Waals surface area contributed by atoms with Crippen molar-refractivity contribution >= 4 is 11.6 Å². The van der Waals surface area contributed by atoms with Crippen molar-refractivity contribution in [2.45, 2.75) is 53.1 Å². The Bertz CT molecular complexity index is 350. The number of hydrogen-bond acceptors (Lipinski definition) is 2. The molecule has 0 radical (unpaired) electrons. The second-order valence-corrected chi connectivity index (χ2v) is 5.47. The van der Waals surface area contributed by atoms with Gasteiger partial charge in [0.15, 0.2) is 0 Å². The van der Waals surface area contributed by atoms with Gasteiger partial charge < -0.3 is 5.32 Å². The molecule has 0 aliphatic rings. The van der Waals surface area contributed by atoms with E-state index in [9.17, 15) is 0 Å². The Morgan fingerprint density at radius 1 is 1.38 bits per heavy atom. The van der Waals surface area contributed by atoms with Gasteiger partial charge in [0, 0.05) is 25.0 Å². The zero-order valence-corrected chi connectivity index (χ0v) is 11.6. The van der Waals surface area contributed by atoms with E-state index in [0.29, 0.717) is 0 Å². The summed E-state index contributed by atoms with van der Waals surface area (Å²) in [7, 11) is 0. The van der Waals surface area contributed by atoms with Crippen LogP contribution >= 0.6 is 11.6 Å². The van der Waals surface area contributed by atoms with Crippen molar-refractivity contribution in [2.24, 2.45) is 0 Å². The van der Waals surface area contributed by atoms with Crippen LogP contribution in [0, 0.1) is 6.92 Å². The van der Waals surface area contributed by atoms with E-state index in [-0.39, 0.29) is 5.54 Å². The third-order valence-corrected chi connectivity index (χ3v) is 2.96. The Kier molecular flexibility index (Phi) is 4.39. The van der Waals surface area contributed by atoms with Gasteiger partial charge in [-0.2, -0.15) is 5.10 Å². The molecule has 0 atom stereocenters. The van der Waals surface area contributed by atoms with Crippen LogP contribution in [0.15, 0.2) is 0 Å². The van der Waals surface area contributed by atoms with Crippen molar-refractivity contribution in [3.63, 3.8) is 0 Å². The van der Waals surface area contributed by atoms with Crippen LogP contribution in [0.1, 0.15) is 39.1 Å². The molecular weight excluding hydrogens is 222 g/mol. The maximum absolute atomic E-state index is 6.23. The number of nitrogens with one attached hydrogen (secondary N) is 1. The number of aryl methyl sites for hydroxylation is 2. The van der Waals surface area contributed by atoms with Crippen molar-refractivity contribution in [1.29, 1.82) is 0 Å². The van der Waals surface area contributed by atoms with Crippen LogP contribution in [0.4, 0.5) is 0 Å². The normalized spacial score (nSPS) is 12.1. The number of aromatic nitrogens is 2. The van der Waals surface area contributed by atoms with Crippen LogP contribution < -0.4 is 5.32 Å². The summed E-state index contributed by atoms with van der Waals surface area (Å²) in [5, 5.41) is 8.68. The maximum atomic E-state index is 6.23. The molecule has 16 heavy (non-hydrogen) atoms. The van der Waals surface area contributed by atoms with Crippen LogP contribution in [0.2, 0.25) is 5.02 Å². The third-order valence-electron chi connectivity index (χ3n) is 2.47. The summed E-state index contributed by atoms with van der Waals surface area (Å²) in [4.78, 5) is 0. The zero-order chi connectivity index (χ0) is 12.3. The molecule has 3 nitrogen and oxygen atoms in total. The molecule has 0 bridgehead atoms.